The molecule has 1 aliphatic heterocycles. The highest BCUT2D eigenvalue weighted by Gasteiger charge is 2.25. The molecule has 5 rings (SSSR count). The zero-order valence-corrected chi connectivity index (χ0v) is 17.8. The first kappa shape index (κ1) is 20.7. The predicted molar refractivity (Wildman–Crippen MR) is 124 cm³/mol. The van der Waals surface area contributed by atoms with Gasteiger partial charge >= 0.3 is 0 Å². The maximum absolute atomic E-state index is 13.4. The first-order valence-electron chi connectivity index (χ1n) is 10.7. The molecule has 0 unspecified atom stereocenters. The molecule has 33 heavy (non-hydrogen) atoms. The molecule has 0 spiro atoms. The molecule has 1 saturated heterocycles. The Morgan fingerprint density at radius 2 is 1.48 bits per heavy atom. The van der Waals surface area contributed by atoms with Crippen LogP contribution >= 0.6 is 0 Å². The second-order valence-electron chi connectivity index (χ2n) is 8.01. The van der Waals surface area contributed by atoms with Crippen molar-refractivity contribution in [3.8, 4) is 11.1 Å². The van der Waals surface area contributed by atoms with E-state index in [1.807, 2.05) is 30.3 Å². The summed E-state index contributed by atoms with van der Waals surface area (Å²) in [4.78, 5) is 29.0. The van der Waals surface area contributed by atoms with Crippen molar-refractivity contribution in [3.63, 3.8) is 0 Å². The minimum Gasteiger partial charge on any atom is -0.382 e. The minimum atomic E-state index is -0.440. The van der Waals surface area contributed by atoms with Gasteiger partial charge in [0, 0.05) is 37.3 Å². The number of fused-ring (bicyclic) bond motifs is 1. The molecule has 0 radical (unpaired) electrons. The Morgan fingerprint density at radius 1 is 0.848 bits per heavy atom. The molecule has 0 bridgehead atoms. The molecular weight excluding hydrogens is 421 g/mol. The van der Waals surface area contributed by atoms with Crippen molar-refractivity contribution < 1.29 is 14.0 Å². The van der Waals surface area contributed by atoms with Crippen molar-refractivity contribution >= 4 is 28.5 Å². The third kappa shape index (κ3) is 3.91. The highest BCUT2D eigenvalue weighted by Crippen LogP contribution is 2.31. The van der Waals surface area contributed by atoms with E-state index in [-0.39, 0.29) is 11.8 Å². The first-order valence-corrected chi connectivity index (χ1v) is 10.7. The number of benzene rings is 3. The molecule has 1 aromatic heterocycles. The fourth-order valence-electron chi connectivity index (χ4n) is 4.23. The lowest BCUT2D eigenvalue weighted by atomic mass is 10.00. The average molecular weight is 443 g/mol. The highest BCUT2D eigenvalue weighted by atomic mass is 19.1. The molecule has 3 aromatic carbocycles. The van der Waals surface area contributed by atoms with Gasteiger partial charge in [-0.2, -0.15) is 5.10 Å². The van der Waals surface area contributed by atoms with Crippen molar-refractivity contribution in [1.29, 1.82) is 0 Å². The number of nitrogens with zero attached hydrogens (tertiary/aromatic N) is 3. The lowest BCUT2D eigenvalue weighted by molar-refractivity contribution is 0.0535. The number of nitrogens with two attached hydrogens (primary N) is 1. The van der Waals surface area contributed by atoms with Crippen LogP contribution in [0.15, 0.2) is 66.7 Å². The Bertz CT molecular complexity index is 1340. The number of nitrogen functional groups attached to an aromatic ring is 1. The van der Waals surface area contributed by atoms with E-state index in [2.05, 4.69) is 10.2 Å². The molecule has 0 atom stereocenters. The van der Waals surface area contributed by atoms with Crippen LogP contribution < -0.4 is 5.73 Å². The van der Waals surface area contributed by atoms with E-state index >= 15 is 0 Å². The largest absolute Gasteiger partial charge is 0.382 e. The number of aromatic amines is 1. The standard InChI is InChI=1S/C25H22FN5O2/c26-19-4-1-3-18(15-19)25(33)31-13-11-30(12-14-31)24(32)17-9-7-16(8-10-17)20-5-2-6-21-22(20)23(27)29-28-21/h1-10,15H,11-14H2,(H3,27,28,29). The van der Waals surface area contributed by atoms with E-state index in [1.54, 1.807) is 28.0 Å². The minimum absolute atomic E-state index is 0.0829. The third-order valence-corrected chi connectivity index (χ3v) is 5.99. The number of H-pyrrole nitrogens is 1. The van der Waals surface area contributed by atoms with Crippen molar-refractivity contribution in [2.24, 2.45) is 0 Å². The Balaban J connectivity index is 1.27. The number of nitrogens with one attached hydrogen (secondary N) is 1. The summed E-state index contributed by atoms with van der Waals surface area (Å²) >= 11 is 0. The maximum Gasteiger partial charge on any atom is 0.254 e. The van der Waals surface area contributed by atoms with Crippen LogP contribution in [0, 0.1) is 5.82 Å². The van der Waals surface area contributed by atoms with E-state index < -0.39 is 5.82 Å². The zero-order valence-electron chi connectivity index (χ0n) is 17.8. The van der Waals surface area contributed by atoms with Gasteiger partial charge in [-0.15, -0.1) is 0 Å². The van der Waals surface area contributed by atoms with Crippen LogP contribution in [0.3, 0.4) is 0 Å². The van der Waals surface area contributed by atoms with E-state index in [9.17, 15) is 14.0 Å². The van der Waals surface area contributed by atoms with Gasteiger partial charge < -0.3 is 15.5 Å². The Labute approximate surface area is 189 Å². The van der Waals surface area contributed by atoms with Crippen LogP contribution in [0.5, 0.6) is 0 Å². The zero-order chi connectivity index (χ0) is 22.9. The number of piperazine rings is 1. The molecule has 2 heterocycles. The second-order valence-corrected chi connectivity index (χ2v) is 8.01. The third-order valence-electron chi connectivity index (χ3n) is 5.99. The molecule has 7 nitrogen and oxygen atoms in total. The van der Waals surface area contributed by atoms with Crippen molar-refractivity contribution in [2.45, 2.75) is 0 Å². The second kappa shape index (κ2) is 8.38. The summed E-state index contributed by atoms with van der Waals surface area (Å²) < 4.78 is 13.4. The summed E-state index contributed by atoms with van der Waals surface area (Å²) in [5.74, 6) is -0.310. The molecule has 2 amide bonds. The van der Waals surface area contributed by atoms with Crippen molar-refractivity contribution in [3.05, 3.63) is 83.7 Å². The van der Waals surface area contributed by atoms with Crippen LogP contribution in [0.2, 0.25) is 0 Å². The topological polar surface area (TPSA) is 95.3 Å². The fourth-order valence-corrected chi connectivity index (χ4v) is 4.23. The van der Waals surface area contributed by atoms with Gasteiger partial charge in [-0.25, -0.2) is 4.39 Å². The van der Waals surface area contributed by atoms with Gasteiger partial charge in [-0.1, -0.05) is 30.3 Å². The highest BCUT2D eigenvalue weighted by molar-refractivity contribution is 6.02. The summed E-state index contributed by atoms with van der Waals surface area (Å²) in [7, 11) is 0. The number of aromatic nitrogens is 2. The Kier molecular flexibility index (Phi) is 5.26. The molecule has 8 heteroatoms. The summed E-state index contributed by atoms with van der Waals surface area (Å²) in [5, 5.41) is 7.85. The van der Waals surface area contributed by atoms with Gasteiger partial charge in [-0.3, -0.25) is 14.7 Å². The molecule has 4 aromatic rings. The Morgan fingerprint density at radius 3 is 2.15 bits per heavy atom. The number of rotatable bonds is 3. The number of amides is 2. The van der Waals surface area contributed by atoms with Gasteiger partial charge in [0.15, 0.2) is 5.82 Å². The van der Waals surface area contributed by atoms with Gasteiger partial charge in [0.25, 0.3) is 11.8 Å². The molecule has 0 aliphatic carbocycles. The summed E-state index contributed by atoms with van der Waals surface area (Å²) in [6.45, 7) is 1.65. The van der Waals surface area contributed by atoms with Gasteiger partial charge in [0.1, 0.15) is 5.82 Å². The Hall–Kier alpha value is -4.20. The van der Waals surface area contributed by atoms with Gasteiger partial charge in [0.05, 0.1) is 10.9 Å². The maximum atomic E-state index is 13.4. The first-order chi connectivity index (χ1) is 16.0. The lowest BCUT2D eigenvalue weighted by Gasteiger charge is -2.35. The summed E-state index contributed by atoms with van der Waals surface area (Å²) in [5.41, 5.74) is 9.66. The number of carbonyl (C=O) groups excluding carboxylic acids is 2. The van der Waals surface area contributed by atoms with Crippen LogP contribution in [0.4, 0.5) is 10.2 Å². The smallest absolute Gasteiger partial charge is 0.254 e. The molecule has 1 fully saturated rings. The number of hydrogen-bond acceptors (Lipinski definition) is 4. The van der Waals surface area contributed by atoms with Gasteiger partial charge in [0.2, 0.25) is 0 Å². The van der Waals surface area contributed by atoms with Crippen LogP contribution in [0.25, 0.3) is 22.0 Å². The van der Waals surface area contributed by atoms with E-state index in [4.69, 9.17) is 5.73 Å². The van der Waals surface area contributed by atoms with Crippen molar-refractivity contribution in [2.75, 3.05) is 31.9 Å². The number of anilines is 1. The van der Waals surface area contributed by atoms with Crippen LogP contribution in [-0.2, 0) is 0 Å². The fraction of sp³-hybridized carbons (Fsp3) is 0.160. The predicted octanol–water partition coefficient (Wildman–Crippen LogP) is 3.55. The van der Waals surface area contributed by atoms with E-state index in [0.29, 0.717) is 43.1 Å². The van der Waals surface area contributed by atoms with Crippen LogP contribution in [0.1, 0.15) is 20.7 Å². The molecular formula is C25H22FN5O2. The number of halogens is 1. The normalized spacial score (nSPS) is 14.0. The average Bonchev–Trinajstić information content (AvgIpc) is 3.24. The van der Waals surface area contributed by atoms with E-state index in [1.165, 1.54) is 18.2 Å². The van der Waals surface area contributed by atoms with Crippen LogP contribution in [-0.4, -0.2) is 58.0 Å². The van der Waals surface area contributed by atoms with Crippen molar-refractivity contribution in [1.82, 2.24) is 20.0 Å². The molecule has 0 saturated carbocycles. The summed E-state index contributed by atoms with van der Waals surface area (Å²) in [6.07, 6.45) is 0. The van der Waals surface area contributed by atoms with E-state index in [0.717, 1.165) is 22.0 Å². The SMILES string of the molecule is Nc1n[nH]c2cccc(-c3ccc(C(=O)N4CCN(C(=O)c5cccc(F)c5)CC4)cc3)c12. The number of carbonyl (C=O) groups is 2. The van der Waals surface area contributed by atoms with Gasteiger partial charge in [-0.05, 0) is 47.5 Å². The monoisotopic (exact) mass is 443 g/mol. The molecule has 166 valence electrons. The molecule has 3 N–H and O–H groups in total. The lowest BCUT2D eigenvalue weighted by Crippen LogP contribution is -2.50. The summed E-state index contributed by atoms with van der Waals surface area (Å²) in [6, 6.07) is 18.9. The number of hydrogen-bond donors (Lipinski definition) is 2. The molecule has 1 aliphatic rings. The quantitative estimate of drug-likeness (QED) is 0.506.